The van der Waals surface area contributed by atoms with Gasteiger partial charge in [0.15, 0.2) is 0 Å². The number of halogens is 2. The van der Waals surface area contributed by atoms with Gasteiger partial charge in [0.1, 0.15) is 6.04 Å². The van der Waals surface area contributed by atoms with E-state index in [-0.39, 0.29) is 30.8 Å². The van der Waals surface area contributed by atoms with Crippen molar-refractivity contribution in [1.82, 2.24) is 10.2 Å². The molecule has 0 fully saturated rings. The number of carbonyl (C=O) groups is 2. The topological polar surface area (TPSA) is 49.4 Å². The Morgan fingerprint density at radius 3 is 1.97 bits per heavy atom. The van der Waals surface area contributed by atoms with E-state index >= 15 is 0 Å². The van der Waals surface area contributed by atoms with Gasteiger partial charge in [-0.1, -0.05) is 89.9 Å². The lowest BCUT2D eigenvalue weighted by atomic mass is 10.0. The van der Waals surface area contributed by atoms with Gasteiger partial charge in [0.05, 0.1) is 0 Å². The van der Waals surface area contributed by atoms with E-state index in [0.717, 1.165) is 16.7 Å². The van der Waals surface area contributed by atoms with E-state index in [2.05, 4.69) is 5.32 Å². The number of amides is 2. The predicted octanol–water partition coefficient (Wildman–Crippen LogP) is 6.09. The summed E-state index contributed by atoms with van der Waals surface area (Å²) in [6.07, 6.45) is 1.12. The van der Waals surface area contributed by atoms with Crippen molar-refractivity contribution in [3.05, 3.63) is 106 Å². The minimum atomic E-state index is -0.681. The Hall–Kier alpha value is -2.82. The SMILES string of the molecule is CC(C)NC(=O)[C@@H](Cc1ccccc1)N(Cc1ccccc1Cl)C(=O)CCc1ccccc1Cl. The molecule has 3 aromatic carbocycles. The fourth-order valence-electron chi connectivity index (χ4n) is 3.83. The second-order valence-electron chi connectivity index (χ2n) is 8.57. The van der Waals surface area contributed by atoms with E-state index in [0.29, 0.717) is 22.9 Å². The van der Waals surface area contributed by atoms with Crippen LogP contribution >= 0.6 is 23.2 Å². The predicted molar refractivity (Wildman–Crippen MR) is 139 cm³/mol. The molecule has 0 unspecified atom stereocenters. The molecule has 0 spiro atoms. The molecule has 0 aliphatic carbocycles. The molecule has 0 aromatic heterocycles. The summed E-state index contributed by atoms with van der Waals surface area (Å²) in [6.45, 7) is 4.06. The summed E-state index contributed by atoms with van der Waals surface area (Å²) in [4.78, 5) is 28.6. The summed E-state index contributed by atoms with van der Waals surface area (Å²) in [5.74, 6) is -0.309. The van der Waals surface area contributed by atoms with Crippen LogP contribution < -0.4 is 5.32 Å². The minimum absolute atomic E-state index is 0.0498. The zero-order valence-corrected chi connectivity index (χ0v) is 21.0. The Bertz CT molecular complexity index is 1100. The van der Waals surface area contributed by atoms with Gasteiger partial charge in [-0.3, -0.25) is 9.59 Å². The standard InChI is InChI=1S/C28H30Cl2N2O2/c1-20(2)31-28(34)26(18-21-10-4-3-5-11-21)32(19-23-13-7-9-15-25(23)30)27(33)17-16-22-12-6-8-14-24(22)29/h3-15,20,26H,16-19H2,1-2H3,(H,31,34)/t26-/m1/s1. The number of nitrogens with one attached hydrogen (secondary N) is 1. The van der Waals surface area contributed by atoms with Crippen molar-refractivity contribution in [3.8, 4) is 0 Å². The highest BCUT2D eigenvalue weighted by Crippen LogP contribution is 2.23. The third-order valence-electron chi connectivity index (χ3n) is 5.57. The number of rotatable bonds is 10. The van der Waals surface area contributed by atoms with Gasteiger partial charge in [-0.15, -0.1) is 0 Å². The van der Waals surface area contributed by atoms with Gasteiger partial charge in [-0.05, 0) is 49.1 Å². The van der Waals surface area contributed by atoms with Crippen molar-refractivity contribution < 1.29 is 9.59 Å². The minimum Gasteiger partial charge on any atom is -0.352 e. The molecule has 0 heterocycles. The summed E-state index contributed by atoms with van der Waals surface area (Å²) in [5, 5.41) is 4.19. The highest BCUT2D eigenvalue weighted by Gasteiger charge is 2.31. The first-order chi connectivity index (χ1) is 16.3. The average molecular weight is 497 g/mol. The van der Waals surface area contributed by atoms with Gasteiger partial charge in [0, 0.05) is 35.5 Å². The first-order valence-electron chi connectivity index (χ1n) is 11.5. The van der Waals surface area contributed by atoms with Gasteiger partial charge in [0.25, 0.3) is 0 Å². The van der Waals surface area contributed by atoms with Crippen molar-refractivity contribution in [2.45, 2.75) is 51.7 Å². The average Bonchev–Trinajstić information content (AvgIpc) is 2.82. The highest BCUT2D eigenvalue weighted by atomic mass is 35.5. The highest BCUT2D eigenvalue weighted by molar-refractivity contribution is 6.31. The molecule has 3 aromatic rings. The lowest BCUT2D eigenvalue weighted by Crippen LogP contribution is -2.51. The first-order valence-corrected chi connectivity index (χ1v) is 12.2. The van der Waals surface area contributed by atoms with E-state index in [1.807, 2.05) is 86.6 Å². The van der Waals surface area contributed by atoms with E-state index in [1.54, 1.807) is 11.0 Å². The Labute approximate surface area is 211 Å². The Morgan fingerprint density at radius 2 is 1.38 bits per heavy atom. The lowest BCUT2D eigenvalue weighted by molar-refractivity contribution is -0.141. The van der Waals surface area contributed by atoms with Gasteiger partial charge < -0.3 is 10.2 Å². The molecule has 0 bridgehead atoms. The van der Waals surface area contributed by atoms with Crippen LogP contribution in [0.3, 0.4) is 0 Å². The van der Waals surface area contributed by atoms with Crippen molar-refractivity contribution in [2.24, 2.45) is 0 Å². The molecule has 1 atom stereocenters. The number of carbonyl (C=O) groups excluding carboxylic acids is 2. The summed E-state index contributed by atoms with van der Waals surface area (Å²) in [7, 11) is 0. The van der Waals surface area contributed by atoms with E-state index in [1.165, 1.54) is 0 Å². The van der Waals surface area contributed by atoms with E-state index in [9.17, 15) is 9.59 Å². The molecule has 1 N–H and O–H groups in total. The first kappa shape index (κ1) is 25.8. The molecule has 3 rings (SSSR count). The summed E-state index contributed by atoms with van der Waals surface area (Å²) < 4.78 is 0. The second kappa shape index (κ2) is 12.6. The smallest absolute Gasteiger partial charge is 0.243 e. The van der Waals surface area contributed by atoms with Crippen LogP contribution in [-0.2, 0) is 29.0 Å². The Balaban J connectivity index is 1.93. The van der Waals surface area contributed by atoms with Crippen LogP contribution in [0.15, 0.2) is 78.9 Å². The van der Waals surface area contributed by atoms with Crippen molar-refractivity contribution in [3.63, 3.8) is 0 Å². The molecule has 178 valence electrons. The second-order valence-corrected chi connectivity index (χ2v) is 9.39. The molecule has 0 radical (unpaired) electrons. The van der Waals surface area contributed by atoms with Gasteiger partial charge >= 0.3 is 0 Å². The molecule has 6 heteroatoms. The summed E-state index contributed by atoms with van der Waals surface area (Å²) in [5.41, 5.74) is 2.68. The fraction of sp³-hybridized carbons (Fsp3) is 0.286. The zero-order chi connectivity index (χ0) is 24.5. The van der Waals surface area contributed by atoms with Crippen LogP contribution in [0.25, 0.3) is 0 Å². The quantitative estimate of drug-likeness (QED) is 0.369. The van der Waals surface area contributed by atoms with Gasteiger partial charge in [-0.2, -0.15) is 0 Å². The Kier molecular flexibility index (Phi) is 9.55. The fourth-order valence-corrected chi connectivity index (χ4v) is 4.26. The lowest BCUT2D eigenvalue weighted by Gasteiger charge is -2.32. The maximum absolute atomic E-state index is 13.6. The monoisotopic (exact) mass is 496 g/mol. The van der Waals surface area contributed by atoms with Crippen molar-refractivity contribution in [1.29, 1.82) is 0 Å². The van der Waals surface area contributed by atoms with Crippen LogP contribution in [0.1, 0.15) is 37.0 Å². The molecule has 4 nitrogen and oxygen atoms in total. The largest absolute Gasteiger partial charge is 0.352 e. The van der Waals surface area contributed by atoms with Crippen LogP contribution in [0.5, 0.6) is 0 Å². The summed E-state index contributed by atoms with van der Waals surface area (Å²) >= 11 is 12.7. The molecular weight excluding hydrogens is 467 g/mol. The number of hydrogen-bond acceptors (Lipinski definition) is 2. The van der Waals surface area contributed by atoms with Crippen LogP contribution in [-0.4, -0.2) is 28.8 Å². The van der Waals surface area contributed by atoms with Crippen LogP contribution in [0, 0.1) is 0 Å². The molecule has 34 heavy (non-hydrogen) atoms. The molecule has 0 saturated heterocycles. The van der Waals surface area contributed by atoms with Gasteiger partial charge in [0.2, 0.25) is 11.8 Å². The van der Waals surface area contributed by atoms with Crippen LogP contribution in [0.2, 0.25) is 10.0 Å². The van der Waals surface area contributed by atoms with Gasteiger partial charge in [-0.25, -0.2) is 0 Å². The van der Waals surface area contributed by atoms with Crippen molar-refractivity contribution >= 4 is 35.0 Å². The summed E-state index contributed by atoms with van der Waals surface area (Å²) in [6, 6.07) is 23.9. The molecule has 0 aliphatic heterocycles. The number of aryl methyl sites for hydroxylation is 1. The Morgan fingerprint density at radius 1 is 0.824 bits per heavy atom. The number of hydrogen-bond donors (Lipinski definition) is 1. The van der Waals surface area contributed by atoms with Crippen LogP contribution in [0.4, 0.5) is 0 Å². The molecular formula is C28H30Cl2N2O2. The molecule has 0 saturated carbocycles. The molecule has 0 aliphatic rings. The van der Waals surface area contributed by atoms with Crippen molar-refractivity contribution in [2.75, 3.05) is 0 Å². The maximum atomic E-state index is 13.6. The molecule has 2 amide bonds. The number of nitrogens with zero attached hydrogens (tertiary/aromatic N) is 1. The maximum Gasteiger partial charge on any atom is 0.243 e. The zero-order valence-electron chi connectivity index (χ0n) is 19.5. The van der Waals surface area contributed by atoms with E-state index in [4.69, 9.17) is 23.2 Å². The van der Waals surface area contributed by atoms with E-state index < -0.39 is 6.04 Å². The third-order valence-corrected chi connectivity index (χ3v) is 6.30. The normalized spacial score (nSPS) is 11.8. The number of benzene rings is 3. The third kappa shape index (κ3) is 7.34.